The van der Waals surface area contributed by atoms with Crippen LogP contribution in [0.15, 0.2) is 83.3 Å². The van der Waals surface area contributed by atoms with Crippen molar-refractivity contribution in [2.45, 2.75) is 25.7 Å². The van der Waals surface area contributed by atoms with E-state index in [4.69, 9.17) is 9.52 Å². The first-order valence-electron chi connectivity index (χ1n) is 10.8. The molecule has 1 N–H and O–H groups in total. The number of benzene rings is 3. The van der Waals surface area contributed by atoms with Crippen LogP contribution in [0.3, 0.4) is 0 Å². The van der Waals surface area contributed by atoms with Gasteiger partial charge in [0.05, 0.1) is 5.56 Å². The number of rotatable bonds is 4. The Balaban J connectivity index is 1.52. The van der Waals surface area contributed by atoms with Crippen LogP contribution in [-0.2, 0) is 5.41 Å². The number of hydrogen-bond acceptors (Lipinski definition) is 2. The monoisotopic (exact) mass is 420 g/mol. The van der Waals surface area contributed by atoms with Crippen molar-refractivity contribution in [2.75, 3.05) is 0 Å². The third-order valence-electron chi connectivity index (χ3n) is 6.20. The van der Waals surface area contributed by atoms with Gasteiger partial charge in [0, 0.05) is 11.0 Å². The maximum atomic E-state index is 11.1. The predicted octanol–water partition coefficient (Wildman–Crippen LogP) is 7.41. The zero-order valence-electron chi connectivity index (χ0n) is 18.1. The van der Waals surface area contributed by atoms with Gasteiger partial charge in [-0.3, -0.25) is 0 Å². The second-order valence-corrected chi connectivity index (χ2v) is 8.92. The molecule has 1 aliphatic carbocycles. The molecular formula is C29H24O3. The lowest BCUT2D eigenvalue weighted by Crippen LogP contribution is -2.21. The molecular weight excluding hydrogens is 396 g/mol. The average molecular weight is 421 g/mol. The molecule has 1 aliphatic rings. The van der Waals surface area contributed by atoms with Crippen LogP contribution in [0.1, 0.15) is 58.6 Å². The SMILES string of the molecule is CC1(C)CC=C(c2cc3ccccc3o2)c2cc(/C=C/c3ccc(C(=O)O)cc3)ccc21. The molecule has 3 nitrogen and oxygen atoms in total. The maximum absolute atomic E-state index is 11.1. The number of hydrogen-bond donors (Lipinski definition) is 1. The Bertz CT molecular complexity index is 1350. The largest absolute Gasteiger partial charge is 0.478 e. The van der Waals surface area contributed by atoms with Crippen molar-refractivity contribution in [3.8, 4) is 0 Å². The highest BCUT2D eigenvalue weighted by Gasteiger charge is 2.29. The van der Waals surface area contributed by atoms with Gasteiger partial charge in [0.15, 0.2) is 0 Å². The van der Waals surface area contributed by atoms with Crippen LogP contribution in [0.25, 0.3) is 28.7 Å². The molecule has 0 aliphatic heterocycles. The van der Waals surface area contributed by atoms with E-state index in [9.17, 15) is 4.79 Å². The third-order valence-corrected chi connectivity index (χ3v) is 6.20. The first-order chi connectivity index (χ1) is 15.4. The van der Waals surface area contributed by atoms with Gasteiger partial charge in [0.25, 0.3) is 0 Å². The smallest absolute Gasteiger partial charge is 0.335 e. The molecule has 0 bridgehead atoms. The molecule has 0 fully saturated rings. The fraction of sp³-hybridized carbons (Fsp3) is 0.138. The van der Waals surface area contributed by atoms with E-state index >= 15 is 0 Å². The summed E-state index contributed by atoms with van der Waals surface area (Å²) in [7, 11) is 0. The standard InChI is InChI=1S/C29H24O3/c1-29(2)16-15-23(27-18-22-5-3-4-6-26(22)32-27)24-17-20(11-14-25(24)29)8-7-19-9-12-21(13-10-19)28(30)31/h3-15,17-18H,16H2,1-2H3,(H,30,31)/b8-7+. The van der Waals surface area contributed by atoms with Crippen molar-refractivity contribution in [3.05, 3.63) is 112 Å². The molecule has 0 amide bonds. The summed E-state index contributed by atoms with van der Waals surface area (Å²) in [6, 6.07) is 23.7. The van der Waals surface area contributed by atoms with Gasteiger partial charge in [0.2, 0.25) is 0 Å². The molecule has 0 saturated heterocycles. The Kier molecular flexibility index (Phi) is 4.82. The van der Waals surface area contributed by atoms with Gasteiger partial charge in [0.1, 0.15) is 11.3 Å². The number of aromatic carboxylic acids is 1. The minimum Gasteiger partial charge on any atom is -0.478 e. The fourth-order valence-electron chi connectivity index (χ4n) is 4.33. The summed E-state index contributed by atoms with van der Waals surface area (Å²) < 4.78 is 6.20. The van der Waals surface area contributed by atoms with Crippen LogP contribution < -0.4 is 0 Å². The number of carboxylic acids is 1. The molecule has 158 valence electrons. The number of para-hydroxylation sites is 1. The van der Waals surface area contributed by atoms with E-state index in [1.807, 2.05) is 36.4 Å². The molecule has 3 heteroatoms. The van der Waals surface area contributed by atoms with Crippen LogP contribution in [0.2, 0.25) is 0 Å². The van der Waals surface area contributed by atoms with Crippen LogP contribution in [-0.4, -0.2) is 11.1 Å². The van der Waals surface area contributed by atoms with Crippen LogP contribution in [0, 0.1) is 0 Å². The minimum atomic E-state index is -0.914. The zero-order valence-corrected chi connectivity index (χ0v) is 18.1. The third kappa shape index (κ3) is 3.67. The second-order valence-electron chi connectivity index (χ2n) is 8.92. The Morgan fingerprint density at radius 1 is 0.938 bits per heavy atom. The lowest BCUT2D eigenvalue weighted by molar-refractivity contribution is 0.0697. The lowest BCUT2D eigenvalue weighted by Gasteiger charge is -2.31. The van der Waals surface area contributed by atoms with Crippen molar-refractivity contribution in [2.24, 2.45) is 0 Å². The Labute approximate surface area is 187 Å². The number of allylic oxidation sites excluding steroid dienone is 1. The predicted molar refractivity (Wildman–Crippen MR) is 130 cm³/mol. The fourth-order valence-corrected chi connectivity index (χ4v) is 4.33. The van der Waals surface area contributed by atoms with E-state index in [-0.39, 0.29) is 5.41 Å². The van der Waals surface area contributed by atoms with E-state index < -0.39 is 5.97 Å². The summed E-state index contributed by atoms with van der Waals surface area (Å²) in [5.74, 6) is -0.0175. The molecule has 4 aromatic rings. The van der Waals surface area contributed by atoms with E-state index in [0.717, 1.165) is 39.9 Å². The molecule has 3 aromatic carbocycles. The summed E-state index contributed by atoms with van der Waals surface area (Å²) in [6.07, 6.45) is 7.31. The van der Waals surface area contributed by atoms with E-state index in [1.165, 1.54) is 11.1 Å². The molecule has 0 saturated carbocycles. The normalized spacial score (nSPS) is 15.0. The molecule has 0 unspecified atom stereocenters. The van der Waals surface area contributed by atoms with Gasteiger partial charge in [-0.2, -0.15) is 0 Å². The summed E-state index contributed by atoms with van der Waals surface area (Å²) in [5, 5.41) is 10.2. The average Bonchev–Trinajstić information content (AvgIpc) is 3.21. The Morgan fingerprint density at radius 2 is 1.66 bits per heavy atom. The van der Waals surface area contributed by atoms with Crippen molar-refractivity contribution < 1.29 is 14.3 Å². The summed E-state index contributed by atoms with van der Waals surface area (Å²) in [6.45, 7) is 4.55. The lowest BCUT2D eigenvalue weighted by atomic mass is 9.72. The molecule has 0 spiro atoms. The van der Waals surface area contributed by atoms with Gasteiger partial charge < -0.3 is 9.52 Å². The molecule has 5 rings (SSSR count). The molecule has 1 heterocycles. The number of fused-ring (bicyclic) bond motifs is 2. The van der Waals surface area contributed by atoms with Crippen LogP contribution in [0.4, 0.5) is 0 Å². The van der Waals surface area contributed by atoms with Gasteiger partial charge in [-0.15, -0.1) is 0 Å². The van der Waals surface area contributed by atoms with Crippen molar-refractivity contribution in [1.82, 2.24) is 0 Å². The van der Waals surface area contributed by atoms with Crippen molar-refractivity contribution >= 4 is 34.7 Å². The number of carbonyl (C=O) groups is 1. The maximum Gasteiger partial charge on any atom is 0.335 e. The molecule has 0 radical (unpaired) electrons. The Hall–Kier alpha value is -3.85. The summed E-state index contributed by atoms with van der Waals surface area (Å²) in [4.78, 5) is 11.1. The summed E-state index contributed by atoms with van der Waals surface area (Å²) in [5.41, 5.74) is 6.94. The minimum absolute atomic E-state index is 0.0553. The first-order valence-corrected chi connectivity index (χ1v) is 10.8. The number of carboxylic acid groups (broad SMARTS) is 1. The van der Waals surface area contributed by atoms with E-state index in [2.05, 4.69) is 56.3 Å². The van der Waals surface area contributed by atoms with Gasteiger partial charge in [-0.1, -0.05) is 74.5 Å². The van der Waals surface area contributed by atoms with E-state index in [1.54, 1.807) is 12.1 Å². The highest BCUT2D eigenvalue weighted by atomic mass is 16.4. The quantitative estimate of drug-likeness (QED) is 0.350. The van der Waals surface area contributed by atoms with Gasteiger partial charge >= 0.3 is 5.97 Å². The molecule has 32 heavy (non-hydrogen) atoms. The van der Waals surface area contributed by atoms with Gasteiger partial charge in [-0.05, 0) is 64.4 Å². The van der Waals surface area contributed by atoms with E-state index in [0.29, 0.717) is 5.56 Å². The van der Waals surface area contributed by atoms with Crippen LogP contribution >= 0.6 is 0 Å². The van der Waals surface area contributed by atoms with Crippen LogP contribution in [0.5, 0.6) is 0 Å². The Morgan fingerprint density at radius 3 is 2.41 bits per heavy atom. The second kappa shape index (κ2) is 7.69. The highest BCUT2D eigenvalue weighted by molar-refractivity contribution is 5.89. The van der Waals surface area contributed by atoms with Crippen molar-refractivity contribution in [3.63, 3.8) is 0 Å². The number of furan rings is 1. The molecule has 1 aromatic heterocycles. The first kappa shape index (κ1) is 20.1. The molecule has 0 atom stereocenters. The van der Waals surface area contributed by atoms with Gasteiger partial charge in [-0.25, -0.2) is 4.79 Å². The summed E-state index contributed by atoms with van der Waals surface area (Å²) >= 11 is 0. The van der Waals surface area contributed by atoms with Crippen molar-refractivity contribution in [1.29, 1.82) is 0 Å². The highest BCUT2D eigenvalue weighted by Crippen LogP contribution is 2.42. The zero-order chi connectivity index (χ0) is 22.3. The topological polar surface area (TPSA) is 50.4 Å².